The molecule has 20 heavy (non-hydrogen) atoms. The van der Waals surface area contributed by atoms with Crippen LogP contribution in [0.15, 0.2) is 47.1 Å². The highest BCUT2D eigenvalue weighted by molar-refractivity contribution is 9.10. The van der Waals surface area contributed by atoms with Gasteiger partial charge in [-0.1, -0.05) is 41.9 Å². The summed E-state index contributed by atoms with van der Waals surface area (Å²) in [6.07, 6.45) is 1.44. The minimum absolute atomic E-state index is 0.0503. The molecule has 0 atom stereocenters. The molecule has 4 nitrogen and oxygen atoms in total. The molecule has 0 radical (unpaired) electrons. The fourth-order valence-electron chi connectivity index (χ4n) is 1.44. The summed E-state index contributed by atoms with van der Waals surface area (Å²) < 4.78 is 0.722. The van der Waals surface area contributed by atoms with Gasteiger partial charge in [-0.3, -0.25) is 0 Å². The number of anilines is 1. The Morgan fingerprint density at radius 1 is 1.30 bits per heavy atom. The third kappa shape index (κ3) is 5.40. The highest BCUT2D eigenvalue weighted by Crippen LogP contribution is 2.15. The predicted molar refractivity (Wildman–Crippen MR) is 83.8 cm³/mol. The van der Waals surface area contributed by atoms with Crippen molar-refractivity contribution in [3.8, 4) is 0 Å². The summed E-state index contributed by atoms with van der Waals surface area (Å²) in [5.41, 5.74) is 7.81. The lowest BCUT2D eigenvalue weighted by Gasteiger charge is -2.04. The largest absolute Gasteiger partial charge is 0.477 e. The highest BCUT2D eigenvalue weighted by Gasteiger charge is 2.02. The molecule has 0 saturated carbocycles. The number of rotatable bonds is 2. The summed E-state index contributed by atoms with van der Waals surface area (Å²) >= 11 is 3.13. The Morgan fingerprint density at radius 3 is 2.40 bits per heavy atom. The van der Waals surface area contributed by atoms with Gasteiger partial charge in [0, 0.05) is 16.4 Å². The second-order valence-electron chi connectivity index (χ2n) is 4.49. The molecule has 0 fully saturated rings. The molecule has 0 bridgehead atoms. The average molecular weight is 337 g/mol. The third-order valence-electron chi connectivity index (χ3n) is 2.52. The summed E-state index contributed by atoms with van der Waals surface area (Å²) in [7, 11) is 0. The number of carboxylic acid groups (broad SMARTS) is 1. The maximum atomic E-state index is 10.3. The number of aromatic carboxylic acids is 1. The van der Waals surface area contributed by atoms with Crippen LogP contribution in [0.1, 0.15) is 35.8 Å². The molecule has 106 valence electrons. The molecule has 0 aliphatic carbocycles. The van der Waals surface area contributed by atoms with E-state index < -0.39 is 5.97 Å². The van der Waals surface area contributed by atoms with Crippen LogP contribution in [0.5, 0.6) is 0 Å². The Kier molecular flexibility index (Phi) is 6.18. The number of carbonyl (C=O) groups is 1. The lowest BCUT2D eigenvalue weighted by molar-refractivity contribution is 0.0690. The van der Waals surface area contributed by atoms with Crippen molar-refractivity contribution in [3.63, 3.8) is 0 Å². The van der Waals surface area contributed by atoms with Gasteiger partial charge in [0.25, 0.3) is 0 Å². The van der Waals surface area contributed by atoms with Gasteiger partial charge in [0.2, 0.25) is 0 Å². The molecular weight excluding hydrogens is 320 g/mol. The summed E-state index contributed by atoms with van der Waals surface area (Å²) in [6, 6.07) is 11.1. The van der Waals surface area contributed by atoms with Crippen LogP contribution in [0.25, 0.3) is 0 Å². The molecule has 0 aliphatic heterocycles. The minimum atomic E-state index is -1.01. The molecule has 2 aromatic rings. The van der Waals surface area contributed by atoms with Gasteiger partial charge in [-0.15, -0.1) is 0 Å². The van der Waals surface area contributed by atoms with Gasteiger partial charge in [-0.2, -0.15) is 0 Å². The zero-order valence-corrected chi connectivity index (χ0v) is 13.0. The van der Waals surface area contributed by atoms with Crippen molar-refractivity contribution in [2.45, 2.75) is 19.8 Å². The van der Waals surface area contributed by atoms with Gasteiger partial charge in [0.1, 0.15) is 5.69 Å². The number of pyridine rings is 1. The fraction of sp³-hybridized carbons (Fsp3) is 0.200. The molecule has 1 heterocycles. The number of halogens is 1. The van der Waals surface area contributed by atoms with Gasteiger partial charge in [0.15, 0.2) is 0 Å². The molecular formula is C15H17BrN2O2. The monoisotopic (exact) mass is 336 g/mol. The number of aromatic nitrogens is 1. The molecule has 0 amide bonds. The Bertz CT molecular complexity index is 586. The van der Waals surface area contributed by atoms with Crippen LogP contribution in [0, 0.1) is 0 Å². The summed E-state index contributed by atoms with van der Waals surface area (Å²) in [4.78, 5) is 13.9. The molecule has 0 saturated heterocycles. The van der Waals surface area contributed by atoms with Crippen LogP contribution in [-0.4, -0.2) is 16.1 Å². The first-order valence-electron chi connectivity index (χ1n) is 6.10. The van der Waals surface area contributed by atoms with E-state index in [4.69, 9.17) is 10.8 Å². The van der Waals surface area contributed by atoms with Crippen LogP contribution >= 0.6 is 15.9 Å². The van der Waals surface area contributed by atoms with Crippen molar-refractivity contribution in [1.29, 1.82) is 0 Å². The number of nitrogen functional groups attached to an aromatic ring is 1. The maximum absolute atomic E-state index is 10.3. The summed E-state index contributed by atoms with van der Waals surface area (Å²) in [5.74, 6) is -0.440. The first kappa shape index (κ1) is 16.2. The minimum Gasteiger partial charge on any atom is -0.477 e. The predicted octanol–water partition coefficient (Wildman–Crippen LogP) is 3.93. The number of benzene rings is 1. The van der Waals surface area contributed by atoms with E-state index in [-0.39, 0.29) is 5.69 Å². The zero-order valence-electron chi connectivity index (χ0n) is 11.4. The second kappa shape index (κ2) is 7.65. The quantitative estimate of drug-likeness (QED) is 0.814. The normalized spacial score (nSPS) is 9.80. The molecule has 2 rings (SSSR count). The molecule has 0 spiro atoms. The van der Waals surface area contributed by atoms with Gasteiger partial charge < -0.3 is 10.8 Å². The van der Waals surface area contributed by atoms with E-state index >= 15 is 0 Å². The van der Waals surface area contributed by atoms with E-state index in [0.29, 0.717) is 5.92 Å². The molecule has 0 unspecified atom stereocenters. The summed E-state index contributed by atoms with van der Waals surface area (Å²) in [6.45, 7) is 4.32. The number of nitrogens with two attached hydrogens (primary N) is 1. The fourth-order valence-corrected chi connectivity index (χ4v) is 1.77. The lowest BCUT2D eigenvalue weighted by Crippen LogP contribution is -1.98. The van der Waals surface area contributed by atoms with Crippen LogP contribution < -0.4 is 5.73 Å². The van der Waals surface area contributed by atoms with Gasteiger partial charge in [-0.05, 0) is 35.7 Å². The number of carboxylic acids is 1. The van der Waals surface area contributed by atoms with E-state index in [1.165, 1.54) is 17.8 Å². The zero-order chi connectivity index (χ0) is 15.1. The standard InChI is InChI=1S/C9H13N.C6H4BrNO2/c1-7(2)8-4-3-5-9(10)6-8;7-4-1-2-8-5(3-4)6(9)10/h3-7H,10H2,1-2H3;1-3H,(H,9,10). The first-order chi connectivity index (χ1) is 9.40. The first-order valence-corrected chi connectivity index (χ1v) is 6.89. The van der Waals surface area contributed by atoms with E-state index in [2.05, 4.69) is 40.8 Å². The van der Waals surface area contributed by atoms with E-state index in [0.717, 1.165) is 10.2 Å². The Hall–Kier alpha value is -1.88. The van der Waals surface area contributed by atoms with Crippen molar-refractivity contribution in [3.05, 3.63) is 58.3 Å². The van der Waals surface area contributed by atoms with E-state index in [9.17, 15) is 4.79 Å². The Balaban J connectivity index is 0.000000200. The third-order valence-corrected chi connectivity index (χ3v) is 3.01. The topological polar surface area (TPSA) is 76.2 Å². The van der Waals surface area contributed by atoms with Gasteiger partial charge in [0.05, 0.1) is 0 Å². The van der Waals surface area contributed by atoms with Gasteiger partial charge in [-0.25, -0.2) is 9.78 Å². The number of hydrogen-bond donors (Lipinski definition) is 2. The van der Waals surface area contributed by atoms with Crippen LogP contribution in [-0.2, 0) is 0 Å². The number of nitrogens with zero attached hydrogens (tertiary/aromatic N) is 1. The summed E-state index contributed by atoms with van der Waals surface area (Å²) in [5, 5.41) is 8.43. The highest BCUT2D eigenvalue weighted by atomic mass is 79.9. The second-order valence-corrected chi connectivity index (χ2v) is 5.40. The molecule has 0 aliphatic rings. The SMILES string of the molecule is CC(C)c1cccc(N)c1.O=C(O)c1cc(Br)ccn1. The van der Waals surface area contributed by atoms with Gasteiger partial charge >= 0.3 is 5.97 Å². The van der Waals surface area contributed by atoms with Crippen molar-refractivity contribution in [1.82, 2.24) is 4.98 Å². The smallest absolute Gasteiger partial charge is 0.354 e. The Labute approximate surface area is 126 Å². The van der Waals surface area contributed by atoms with Crippen molar-refractivity contribution in [2.75, 3.05) is 5.73 Å². The molecule has 5 heteroatoms. The number of hydrogen-bond acceptors (Lipinski definition) is 3. The Morgan fingerprint density at radius 2 is 2.00 bits per heavy atom. The van der Waals surface area contributed by atoms with Crippen molar-refractivity contribution >= 4 is 27.6 Å². The van der Waals surface area contributed by atoms with E-state index in [1.807, 2.05) is 18.2 Å². The van der Waals surface area contributed by atoms with Crippen molar-refractivity contribution in [2.24, 2.45) is 0 Å². The lowest BCUT2D eigenvalue weighted by atomic mass is 10.0. The average Bonchev–Trinajstić information content (AvgIpc) is 2.39. The maximum Gasteiger partial charge on any atom is 0.354 e. The van der Waals surface area contributed by atoms with Crippen molar-refractivity contribution < 1.29 is 9.90 Å². The van der Waals surface area contributed by atoms with Crippen LogP contribution in [0.3, 0.4) is 0 Å². The molecule has 1 aromatic carbocycles. The van der Waals surface area contributed by atoms with E-state index in [1.54, 1.807) is 6.07 Å². The molecule has 3 N–H and O–H groups in total. The molecule has 1 aromatic heterocycles. The van der Waals surface area contributed by atoms with Crippen LogP contribution in [0.2, 0.25) is 0 Å². The van der Waals surface area contributed by atoms with Crippen LogP contribution in [0.4, 0.5) is 5.69 Å².